The van der Waals surface area contributed by atoms with E-state index in [0.717, 1.165) is 27.3 Å². The molecular weight excluding hydrogens is 382 g/mol. The maximum atomic E-state index is 12.6. The van der Waals surface area contributed by atoms with Gasteiger partial charge in [0.05, 0.1) is 23.6 Å². The number of rotatable bonds is 7. The summed E-state index contributed by atoms with van der Waals surface area (Å²) in [5.74, 6) is 0.423. The number of fused-ring (bicyclic) bond motifs is 1. The van der Waals surface area contributed by atoms with Gasteiger partial charge in [-0.25, -0.2) is 9.67 Å². The molecule has 0 radical (unpaired) electrons. The van der Waals surface area contributed by atoms with Crippen molar-refractivity contribution >= 4 is 16.9 Å². The van der Waals surface area contributed by atoms with Crippen LogP contribution in [0.5, 0.6) is 0 Å². The molecule has 0 aliphatic carbocycles. The lowest BCUT2D eigenvalue weighted by atomic mass is 10.1. The number of hydrogen-bond acceptors (Lipinski definition) is 4. The molecule has 2 heterocycles. The molecule has 8 heteroatoms. The largest absolute Gasteiger partial charge is 0.346 e. The summed E-state index contributed by atoms with van der Waals surface area (Å²) in [6.07, 6.45) is 0.611. The number of hydrogen-bond donors (Lipinski definition) is 3. The number of benzene rings is 2. The van der Waals surface area contributed by atoms with Gasteiger partial charge in [-0.05, 0) is 24.1 Å². The monoisotopic (exact) mass is 403 g/mol. The Balaban J connectivity index is 1.53. The Labute approximate surface area is 171 Å². The first-order chi connectivity index (χ1) is 14.6. The molecule has 4 rings (SSSR count). The van der Waals surface area contributed by atoms with Crippen LogP contribution in [-0.2, 0) is 17.8 Å². The fourth-order valence-electron chi connectivity index (χ4n) is 3.31. The predicted octanol–water partition coefficient (Wildman–Crippen LogP) is 1.90. The van der Waals surface area contributed by atoms with Crippen LogP contribution in [0.15, 0.2) is 76.3 Å². The molecule has 3 N–H and O–H groups in total. The van der Waals surface area contributed by atoms with Crippen molar-refractivity contribution in [2.24, 2.45) is 0 Å². The predicted molar refractivity (Wildman–Crippen MR) is 113 cm³/mol. The lowest BCUT2D eigenvalue weighted by molar-refractivity contribution is -0.122. The molecular formula is C22H21N5O3. The van der Waals surface area contributed by atoms with Crippen LogP contribution in [0.25, 0.3) is 11.0 Å². The molecule has 4 aromatic rings. The van der Waals surface area contributed by atoms with Crippen LogP contribution in [0.3, 0.4) is 0 Å². The molecule has 30 heavy (non-hydrogen) atoms. The van der Waals surface area contributed by atoms with Gasteiger partial charge in [-0.3, -0.25) is 19.5 Å². The third kappa shape index (κ3) is 4.54. The van der Waals surface area contributed by atoms with Crippen molar-refractivity contribution in [1.29, 1.82) is 0 Å². The Morgan fingerprint density at radius 3 is 2.57 bits per heavy atom. The van der Waals surface area contributed by atoms with E-state index in [1.807, 2.05) is 54.6 Å². The van der Waals surface area contributed by atoms with Crippen molar-refractivity contribution in [2.45, 2.75) is 25.4 Å². The molecule has 152 valence electrons. The van der Waals surface area contributed by atoms with E-state index in [-0.39, 0.29) is 36.0 Å². The van der Waals surface area contributed by atoms with E-state index in [0.29, 0.717) is 12.2 Å². The molecule has 0 saturated carbocycles. The van der Waals surface area contributed by atoms with E-state index in [2.05, 4.69) is 20.4 Å². The molecule has 1 atom stereocenters. The van der Waals surface area contributed by atoms with Crippen LogP contribution in [0.2, 0.25) is 0 Å². The zero-order valence-corrected chi connectivity index (χ0v) is 16.2. The lowest BCUT2D eigenvalue weighted by Crippen LogP contribution is -2.34. The van der Waals surface area contributed by atoms with Crippen molar-refractivity contribution < 1.29 is 4.79 Å². The van der Waals surface area contributed by atoms with Gasteiger partial charge in [-0.1, -0.05) is 42.5 Å². The maximum absolute atomic E-state index is 12.6. The third-order valence-electron chi connectivity index (χ3n) is 4.81. The second-order valence-corrected chi connectivity index (χ2v) is 7.00. The summed E-state index contributed by atoms with van der Waals surface area (Å²) in [7, 11) is 0. The average Bonchev–Trinajstić information content (AvgIpc) is 3.19. The van der Waals surface area contributed by atoms with E-state index < -0.39 is 0 Å². The summed E-state index contributed by atoms with van der Waals surface area (Å²) in [5, 5.41) is 5.43. The van der Waals surface area contributed by atoms with Crippen LogP contribution >= 0.6 is 0 Å². The maximum Gasteiger partial charge on any atom is 0.265 e. The number of nitrogens with zero attached hydrogens (tertiary/aromatic N) is 2. The number of amides is 1. The molecule has 2 aromatic heterocycles. The molecule has 0 unspecified atom stereocenters. The number of aromatic nitrogens is 4. The minimum absolute atomic E-state index is 0.0470. The first-order valence-corrected chi connectivity index (χ1v) is 9.66. The second-order valence-electron chi connectivity index (χ2n) is 7.00. The molecule has 0 aliphatic heterocycles. The summed E-state index contributed by atoms with van der Waals surface area (Å²) in [5.41, 5.74) is 2.04. The molecule has 0 aliphatic rings. The van der Waals surface area contributed by atoms with Gasteiger partial charge in [0.2, 0.25) is 5.91 Å². The number of imidazole rings is 1. The van der Waals surface area contributed by atoms with E-state index in [9.17, 15) is 14.4 Å². The van der Waals surface area contributed by atoms with Gasteiger partial charge in [0.1, 0.15) is 5.82 Å². The molecule has 0 saturated heterocycles. The van der Waals surface area contributed by atoms with Crippen molar-refractivity contribution in [3.05, 3.63) is 98.8 Å². The molecule has 2 aromatic carbocycles. The summed E-state index contributed by atoms with van der Waals surface area (Å²) in [4.78, 5) is 43.8. The van der Waals surface area contributed by atoms with Gasteiger partial charge in [0.25, 0.3) is 11.1 Å². The quantitative estimate of drug-likeness (QED) is 0.437. The highest BCUT2D eigenvalue weighted by Gasteiger charge is 2.19. The van der Waals surface area contributed by atoms with Crippen molar-refractivity contribution in [2.75, 3.05) is 0 Å². The molecule has 0 bridgehead atoms. The molecule has 8 nitrogen and oxygen atoms in total. The highest BCUT2D eigenvalue weighted by molar-refractivity contribution is 5.77. The minimum Gasteiger partial charge on any atom is -0.346 e. The fourth-order valence-corrected chi connectivity index (χ4v) is 3.31. The summed E-state index contributed by atoms with van der Waals surface area (Å²) < 4.78 is 1.13. The van der Waals surface area contributed by atoms with Crippen LogP contribution in [0.1, 0.15) is 23.9 Å². The lowest BCUT2D eigenvalue weighted by Gasteiger charge is -2.17. The highest BCUT2D eigenvalue weighted by Crippen LogP contribution is 2.20. The van der Waals surface area contributed by atoms with Gasteiger partial charge in [-0.15, -0.1) is 0 Å². The van der Waals surface area contributed by atoms with E-state index in [4.69, 9.17) is 0 Å². The smallest absolute Gasteiger partial charge is 0.265 e. The molecule has 0 spiro atoms. The van der Waals surface area contributed by atoms with Crippen LogP contribution in [0, 0.1) is 0 Å². The Hall–Kier alpha value is -3.94. The Bertz CT molecular complexity index is 1240. The summed E-state index contributed by atoms with van der Waals surface area (Å²) in [6, 6.07) is 19.5. The van der Waals surface area contributed by atoms with Crippen molar-refractivity contribution in [3.8, 4) is 0 Å². The van der Waals surface area contributed by atoms with Gasteiger partial charge in [-0.2, -0.15) is 0 Å². The molecule has 0 fully saturated rings. The van der Waals surface area contributed by atoms with Crippen molar-refractivity contribution in [1.82, 2.24) is 25.1 Å². The standard InChI is InChI=1S/C22H21N5O3/c28-19(12-13-27-21(30)11-10-20(29)26-27)23-18(14-15-6-2-1-3-7-15)22-24-16-8-4-5-9-17(16)25-22/h1-11,18H,12-14H2,(H,23,28)(H,24,25)(H,26,29)/t18-/m0/s1. The van der Waals surface area contributed by atoms with E-state index >= 15 is 0 Å². The number of carbonyl (C=O) groups is 1. The van der Waals surface area contributed by atoms with Gasteiger partial charge >= 0.3 is 0 Å². The van der Waals surface area contributed by atoms with Crippen molar-refractivity contribution in [3.63, 3.8) is 0 Å². The van der Waals surface area contributed by atoms with Crippen LogP contribution in [-0.4, -0.2) is 25.7 Å². The zero-order chi connectivity index (χ0) is 20.9. The number of H-pyrrole nitrogens is 2. The second kappa shape index (κ2) is 8.60. The Morgan fingerprint density at radius 1 is 1.00 bits per heavy atom. The molecule has 1 amide bonds. The highest BCUT2D eigenvalue weighted by atomic mass is 16.2. The summed E-state index contributed by atoms with van der Waals surface area (Å²) >= 11 is 0. The number of nitrogens with one attached hydrogen (secondary N) is 3. The Morgan fingerprint density at radius 2 is 1.77 bits per heavy atom. The number of carbonyl (C=O) groups excluding carboxylic acids is 1. The Kier molecular flexibility index (Phi) is 5.56. The average molecular weight is 403 g/mol. The normalized spacial score (nSPS) is 12.0. The van der Waals surface area contributed by atoms with E-state index in [1.54, 1.807) is 0 Å². The topological polar surface area (TPSA) is 113 Å². The SMILES string of the molecule is O=C(CCn1[nH]c(=O)ccc1=O)N[C@@H](Cc1ccccc1)c1nc2ccccc2[nH]1. The van der Waals surface area contributed by atoms with Crippen LogP contribution < -0.4 is 16.4 Å². The zero-order valence-electron chi connectivity index (χ0n) is 16.2. The third-order valence-corrected chi connectivity index (χ3v) is 4.81. The number of aryl methyl sites for hydroxylation is 1. The van der Waals surface area contributed by atoms with Gasteiger partial charge in [0, 0.05) is 18.6 Å². The first kappa shape index (κ1) is 19.4. The fraction of sp³-hybridized carbons (Fsp3) is 0.182. The number of aromatic amines is 2. The van der Waals surface area contributed by atoms with E-state index in [1.165, 1.54) is 6.07 Å². The first-order valence-electron chi connectivity index (χ1n) is 9.66. The van der Waals surface area contributed by atoms with Gasteiger partial charge in [0.15, 0.2) is 0 Å². The number of para-hydroxylation sites is 2. The summed E-state index contributed by atoms with van der Waals surface area (Å²) in [6.45, 7) is 0.0823. The van der Waals surface area contributed by atoms with Crippen LogP contribution in [0.4, 0.5) is 0 Å². The minimum atomic E-state index is -0.390. The van der Waals surface area contributed by atoms with Gasteiger partial charge < -0.3 is 10.3 Å².